The summed E-state index contributed by atoms with van der Waals surface area (Å²) in [5.41, 5.74) is 2.72. The van der Waals surface area contributed by atoms with Crippen molar-refractivity contribution in [1.82, 2.24) is 19.7 Å². The molecule has 5 rings (SSSR count). The van der Waals surface area contributed by atoms with Crippen LogP contribution in [0.4, 0.5) is 4.39 Å². The SMILES string of the molecule is O=c1c2ccccc2nc(SCc2nnc(-c3ccc(F)cc3)o2)n1CCC1=CCCCC1. The predicted molar refractivity (Wildman–Crippen MR) is 126 cm³/mol. The van der Waals surface area contributed by atoms with Crippen LogP contribution in [-0.2, 0) is 12.3 Å². The highest BCUT2D eigenvalue weighted by Crippen LogP contribution is 2.26. The lowest BCUT2D eigenvalue weighted by atomic mass is 9.97. The number of para-hydroxylation sites is 1. The Balaban J connectivity index is 1.39. The first-order chi connectivity index (χ1) is 16.2. The Morgan fingerprint density at radius 1 is 1.06 bits per heavy atom. The van der Waals surface area contributed by atoms with Crippen molar-refractivity contribution in [3.05, 3.63) is 82.2 Å². The van der Waals surface area contributed by atoms with Gasteiger partial charge in [-0.3, -0.25) is 9.36 Å². The fourth-order valence-corrected chi connectivity index (χ4v) is 4.85. The second-order valence-corrected chi connectivity index (χ2v) is 8.97. The quantitative estimate of drug-likeness (QED) is 0.197. The van der Waals surface area contributed by atoms with E-state index >= 15 is 0 Å². The Labute approximate surface area is 194 Å². The van der Waals surface area contributed by atoms with Gasteiger partial charge in [0.05, 0.1) is 16.7 Å². The zero-order valence-electron chi connectivity index (χ0n) is 18.0. The van der Waals surface area contributed by atoms with E-state index in [0.29, 0.717) is 45.7 Å². The molecule has 2 aromatic heterocycles. The molecule has 0 radical (unpaired) electrons. The topological polar surface area (TPSA) is 73.8 Å². The Hall–Kier alpha value is -3.26. The van der Waals surface area contributed by atoms with E-state index < -0.39 is 0 Å². The van der Waals surface area contributed by atoms with Gasteiger partial charge in [-0.1, -0.05) is 35.5 Å². The predicted octanol–water partition coefficient (Wildman–Crippen LogP) is 5.77. The molecule has 1 aliphatic carbocycles. The van der Waals surface area contributed by atoms with Crippen molar-refractivity contribution in [2.24, 2.45) is 0 Å². The largest absolute Gasteiger partial charge is 0.420 e. The molecule has 2 heterocycles. The first-order valence-electron chi connectivity index (χ1n) is 11.1. The van der Waals surface area contributed by atoms with Crippen LogP contribution in [0, 0.1) is 5.82 Å². The van der Waals surface area contributed by atoms with E-state index in [0.717, 1.165) is 19.3 Å². The Morgan fingerprint density at radius 2 is 1.91 bits per heavy atom. The molecule has 6 nitrogen and oxygen atoms in total. The minimum atomic E-state index is -0.321. The summed E-state index contributed by atoms with van der Waals surface area (Å²) in [6.07, 6.45) is 7.84. The van der Waals surface area contributed by atoms with Crippen molar-refractivity contribution in [3.63, 3.8) is 0 Å². The summed E-state index contributed by atoms with van der Waals surface area (Å²) in [5.74, 6) is 0.808. The van der Waals surface area contributed by atoms with E-state index in [9.17, 15) is 9.18 Å². The smallest absolute Gasteiger partial charge is 0.262 e. The molecular weight excluding hydrogens is 439 g/mol. The van der Waals surface area contributed by atoms with Crippen LogP contribution in [0.3, 0.4) is 0 Å². The maximum Gasteiger partial charge on any atom is 0.262 e. The highest BCUT2D eigenvalue weighted by atomic mass is 32.2. The highest BCUT2D eigenvalue weighted by Gasteiger charge is 2.15. The molecule has 0 amide bonds. The molecule has 0 N–H and O–H groups in total. The monoisotopic (exact) mass is 462 g/mol. The summed E-state index contributed by atoms with van der Waals surface area (Å²) in [6.45, 7) is 0.593. The molecule has 0 atom stereocenters. The van der Waals surface area contributed by atoms with Crippen molar-refractivity contribution in [1.29, 1.82) is 0 Å². The van der Waals surface area contributed by atoms with Gasteiger partial charge in [0.1, 0.15) is 5.82 Å². The average Bonchev–Trinajstić information content (AvgIpc) is 3.32. The lowest BCUT2D eigenvalue weighted by Gasteiger charge is -2.16. The number of rotatable bonds is 7. The number of benzene rings is 2. The van der Waals surface area contributed by atoms with Crippen LogP contribution < -0.4 is 5.56 Å². The number of hydrogen-bond donors (Lipinski definition) is 0. The maximum absolute atomic E-state index is 13.3. The minimum absolute atomic E-state index is 0.0305. The van der Waals surface area contributed by atoms with Crippen molar-refractivity contribution < 1.29 is 8.81 Å². The normalized spacial score (nSPS) is 13.9. The third-order valence-corrected chi connectivity index (χ3v) is 6.71. The van der Waals surface area contributed by atoms with Crippen LogP contribution in [0.5, 0.6) is 0 Å². The molecule has 8 heteroatoms. The number of fused-ring (bicyclic) bond motifs is 1. The average molecular weight is 463 g/mol. The molecule has 0 unspecified atom stereocenters. The summed E-state index contributed by atoms with van der Waals surface area (Å²) in [5, 5.41) is 9.43. The van der Waals surface area contributed by atoms with Crippen LogP contribution >= 0.6 is 11.8 Å². The molecule has 0 bridgehead atoms. The lowest BCUT2D eigenvalue weighted by Crippen LogP contribution is -2.24. The van der Waals surface area contributed by atoms with Gasteiger partial charge >= 0.3 is 0 Å². The van der Waals surface area contributed by atoms with E-state index in [1.807, 2.05) is 24.3 Å². The molecule has 33 heavy (non-hydrogen) atoms. The van der Waals surface area contributed by atoms with Gasteiger partial charge in [-0.15, -0.1) is 10.2 Å². The lowest BCUT2D eigenvalue weighted by molar-refractivity contribution is 0.527. The summed E-state index contributed by atoms with van der Waals surface area (Å²) in [6, 6.07) is 13.3. The van der Waals surface area contributed by atoms with Gasteiger partial charge in [-0.2, -0.15) is 0 Å². The van der Waals surface area contributed by atoms with Gasteiger partial charge in [-0.25, -0.2) is 9.37 Å². The molecular formula is C25H23FN4O2S. The first-order valence-corrected chi connectivity index (χ1v) is 12.0. The second kappa shape index (κ2) is 9.70. The number of aromatic nitrogens is 4. The van der Waals surface area contributed by atoms with Crippen molar-refractivity contribution in [2.75, 3.05) is 0 Å². The standard InChI is InChI=1S/C25H23FN4O2S/c26-19-12-10-18(11-13-19)23-29-28-22(32-23)16-33-25-27-21-9-5-4-8-20(21)24(31)30(25)15-14-17-6-2-1-3-7-17/h4-6,8-13H,1-3,7,14-16H2. The minimum Gasteiger partial charge on any atom is -0.420 e. The number of thioether (sulfide) groups is 1. The Bertz CT molecular complexity index is 1360. The van der Waals surface area contributed by atoms with Crippen LogP contribution in [-0.4, -0.2) is 19.7 Å². The third-order valence-electron chi connectivity index (χ3n) is 5.75. The number of halogens is 1. The van der Waals surface area contributed by atoms with E-state index in [2.05, 4.69) is 16.3 Å². The number of allylic oxidation sites excluding steroid dienone is 2. The second-order valence-electron chi connectivity index (χ2n) is 8.02. The summed E-state index contributed by atoms with van der Waals surface area (Å²) >= 11 is 1.40. The molecule has 0 fully saturated rings. The zero-order chi connectivity index (χ0) is 22.6. The molecule has 0 spiro atoms. The van der Waals surface area contributed by atoms with Crippen LogP contribution in [0.2, 0.25) is 0 Å². The molecule has 0 saturated carbocycles. The van der Waals surface area contributed by atoms with Gasteiger partial charge in [0, 0.05) is 12.1 Å². The van der Waals surface area contributed by atoms with Crippen LogP contribution in [0.15, 0.2) is 74.5 Å². The van der Waals surface area contributed by atoms with Gasteiger partial charge in [0.15, 0.2) is 5.16 Å². The van der Waals surface area contributed by atoms with E-state index in [-0.39, 0.29) is 11.4 Å². The van der Waals surface area contributed by atoms with E-state index in [1.54, 1.807) is 16.7 Å². The van der Waals surface area contributed by atoms with Gasteiger partial charge in [-0.05, 0) is 68.5 Å². The zero-order valence-corrected chi connectivity index (χ0v) is 18.9. The molecule has 4 aromatic rings. The highest BCUT2D eigenvalue weighted by molar-refractivity contribution is 7.98. The van der Waals surface area contributed by atoms with Gasteiger partial charge in [0.25, 0.3) is 5.56 Å². The molecule has 0 aliphatic heterocycles. The number of nitrogens with zero attached hydrogens (tertiary/aromatic N) is 4. The fourth-order valence-electron chi connectivity index (χ4n) is 3.99. The van der Waals surface area contributed by atoms with Crippen molar-refractivity contribution in [2.45, 2.75) is 49.6 Å². The fraction of sp³-hybridized carbons (Fsp3) is 0.280. The van der Waals surface area contributed by atoms with E-state index in [1.165, 1.54) is 42.3 Å². The molecule has 1 aliphatic rings. The molecule has 2 aromatic carbocycles. The Kier molecular flexibility index (Phi) is 6.35. The van der Waals surface area contributed by atoms with Crippen molar-refractivity contribution in [3.8, 4) is 11.5 Å². The van der Waals surface area contributed by atoms with E-state index in [4.69, 9.17) is 9.40 Å². The Morgan fingerprint density at radius 3 is 2.73 bits per heavy atom. The first kappa shape index (κ1) is 21.6. The summed E-state index contributed by atoms with van der Waals surface area (Å²) in [4.78, 5) is 18.0. The van der Waals surface area contributed by atoms with Crippen molar-refractivity contribution >= 4 is 22.7 Å². The summed E-state index contributed by atoms with van der Waals surface area (Å²) in [7, 11) is 0. The van der Waals surface area contributed by atoms with Gasteiger partial charge in [0.2, 0.25) is 11.8 Å². The van der Waals surface area contributed by atoms with Crippen LogP contribution in [0.25, 0.3) is 22.4 Å². The maximum atomic E-state index is 13.3. The molecule has 0 saturated heterocycles. The van der Waals surface area contributed by atoms with Crippen LogP contribution in [0.1, 0.15) is 38.0 Å². The summed E-state index contributed by atoms with van der Waals surface area (Å²) < 4.78 is 20.7. The molecule has 168 valence electrons. The third kappa shape index (κ3) is 4.90. The number of hydrogen-bond acceptors (Lipinski definition) is 6. The van der Waals surface area contributed by atoms with Gasteiger partial charge < -0.3 is 4.42 Å².